The number of benzene rings is 2. The van der Waals surface area contributed by atoms with Gasteiger partial charge in [0.1, 0.15) is 0 Å². The van der Waals surface area contributed by atoms with Crippen LogP contribution in [-0.2, 0) is 6.42 Å². The van der Waals surface area contributed by atoms with E-state index in [1.165, 1.54) is 0 Å². The van der Waals surface area contributed by atoms with Crippen LogP contribution < -0.4 is 9.47 Å². The molecule has 0 aliphatic heterocycles. The number of ether oxygens (including phenoxy) is 2. The molecule has 116 valence electrons. The lowest BCUT2D eigenvalue weighted by Gasteiger charge is -2.12. The number of methoxy groups -OCH3 is 2. The summed E-state index contributed by atoms with van der Waals surface area (Å²) in [6.45, 7) is 3.83. The van der Waals surface area contributed by atoms with Crippen molar-refractivity contribution in [2.24, 2.45) is 0 Å². The standard InChI is InChI=1S/C19H18N2O2/c1-4-8-15-14-11-17(22-2)18(23-3)12-16(14)21-19(20-15)13-9-6-5-7-10-13/h4-7,9-12H,1,8H2,2-3H3. The Hall–Kier alpha value is -2.88. The first-order chi connectivity index (χ1) is 11.3. The molecule has 2 aromatic carbocycles. The van der Waals surface area contributed by atoms with Crippen LogP contribution in [0.3, 0.4) is 0 Å². The molecule has 3 rings (SSSR count). The summed E-state index contributed by atoms with van der Waals surface area (Å²) in [5, 5.41) is 0.947. The maximum atomic E-state index is 5.39. The molecule has 0 aliphatic rings. The van der Waals surface area contributed by atoms with E-state index in [0.717, 1.165) is 22.2 Å². The molecule has 0 unspecified atom stereocenters. The second-order valence-electron chi connectivity index (χ2n) is 5.08. The molecule has 3 aromatic rings. The van der Waals surface area contributed by atoms with Gasteiger partial charge in [0, 0.05) is 23.4 Å². The molecule has 0 amide bonds. The van der Waals surface area contributed by atoms with Crippen LogP contribution in [0.1, 0.15) is 5.69 Å². The van der Waals surface area contributed by atoms with E-state index in [2.05, 4.69) is 6.58 Å². The molecule has 0 saturated carbocycles. The first-order valence-corrected chi connectivity index (χ1v) is 7.35. The minimum Gasteiger partial charge on any atom is -0.493 e. The van der Waals surface area contributed by atoms with Gasteiger partial charge < -0.3 is 9.47 Å². The highest BCUT2D eigenvalue weighted by atomic mass is 16.5. The number of aromatic nitrogens is 2. The van der Waals surface area contributed by atoms with Gasteiger partial charge in [-0.05, 0) is 6.07 Å². The Labute approximate surface area is 135 Å². The third-order valence-electron chi connectivity index (χ3n) is 3.65. The molecule has 0 fully saturated rings. The average Bonchev–Trinajstić information content (AvgIpc) is 2.61. The van der Waals surface area contributed by atoms with Crippen LogP contribution in [0.5, 0.6) is 11.5 Å². The number of hydrogen-bond donors (Lipinski definition) is 0. The van der Waals surface area contributed by atoms with Crippen LogP contribution in [0, 0.1) is 0 Å². The molecule has 0 N–H and O–H groups in total. The van der Waals surface area contributed by atoms with E-state index >= 15 is 0 Å². The van der Waals surface area contributed by atoms with Gasteiger partial charge in [-0.3, -0.25) is 0 Å². The van der Waals surface area contributed by atoms with Gasteiger partial charge in [-0.15, -0.1) is 6.58 Å². The van der Waals surface area contributed by atoms with Crippen LogP contribution in [-0.4, -0.2) is 24.2 Å². The molecule has 0 radical (unpaired) electrons. The summed E-state index contributed by atoms with van der Waals surface area (Å²) in [5.41, 5.74) is 2.73. The lowest BCUT2D eigenvalue weighted by atomic mass is 10.1. The maximum Gasteiger partial charge on any atom is 0.162 e. The monoisotopic (exact) mass is 306 g/mol. The fourth-order valence-corrected chi connectivity index (χ4v) is 2.53. The molecule has 4 heteroatoms. The molecule has 0 atom stereocenters. The third-order valence-corrected chi connectivity index (χ3v) is 3.65. The van der Waals surface area contributed by atoms with Crippen LogP contribution in [0.15, 0.2) is 55.1 Å². The zero-order chi connectivity index (χ0) is 16.2. The second-order valence-corrected chi connectivity index (χ2v) is 5.08. The largest absolute Gasteiger partial charge is 0.493 e. The highest BCUT2D eigenvalue weighted by Gasteiger charge is 2.13. The fourth-order valence-electron chi connectivity index (χ4n) is 2.53. The summed E-state index contributed by atoms with van der Waals surface area (Å²) in [7, 11) is 3.24. The lowest BCUT2D eigenvalue weighted by Crippen LogP contribution is -1.99. The smallest absolute Gasteiger partial charge is 0.162 e. The highest BCUT2D eigenvalue weighted by molar-refractivity contribution is 5.86. The second kappa shape index (κ2) is 6.48. The molecular weight excluding hydrogens is 288 g/mol. The predicted octanol–water partition coefficient (Wildman–Crippen LogP) is 4.04. The number of nitrogens with zero attached hydrogens (tertiary/aromatic N) is 2. The first kappa shape index (κ1) is 15.0. The molecule has 0 bridgehead atoms. The summed E-state index contributed by atoms with van der Waals surface area (Å²) >= 11 is 0. The van der Waals surface area contributed by atoms with Crippen molar-refractivity contribution in [3.8, 4) is 22.9 Å². The number of fused-ring (bicyclic) bond motifs is 1. The van der Waals surface area contributed by atoms with Crippen molar-refractivity contribution >= 4 is 10.9 Å². The van der Waals surface area contributed by atoms with Crippen LogP contribution in [0.25, 0.3) is 22.3 Å². The van der Waals surface area contributed by atoms with Crippen molar-refractivity contribution in [2.75, 3.05) is 14.2 Å². The van der Waals surface area contributed by atoms with Crippen molar-refractivity contribution in [1.29, 1.82) is 0 Å². The molecule has 0 spiro atoms. The van der Waals surface area contributed by atoms with Crippen LogP contribution >= 0.6 is 0 Å². The topological polar surface area (TPSA) is 44.2 Å². The van der Waals surface area contributed by atoms with Gasteiger partial charge in [0.15, 0.2) is 17.3 Å². The van der Waals surface area contributed by atoms with Gasteiger partial charge in [-0.1, -0.05) is 36.4 Å². The molecule has 0 aliphatic carbocycles. The number of allylic oxidation sites excluding steroid dienone is 1. The van der Waals surface area contributed by atoms with E-state index in [1.807, 2.05) is 48.5 Å². The Morgan fingerprint density at radius 3 is 2.35 bits per heavy atom. The number of rotatable bonds is 5. The third kappa shape index (κ3) is 2.88. The predicted molar refractivity (Wildman–Crippen MR) is 92.0 cm³/mol. The summed E-state index contributed by atoms with van der Waals surface area (Å²) in [6, 6.07) is 13.7. The summed E-state index contributed by atoms with van der Waals surface area (Å²) in [4.78, 5) is 9.40. The van der Waals surface area contributed by atoms with Gasteiger partial charge in [-0.2, -0.15) is 0 Å². The van der Waals surface area contributed by atoms with E-state index in [1.54, 1.807) is 14.2 Å². The van der Waals surface area contributed by atoms with Crippen LogP contribution in [0.4, 0.5) is 0 Å². The highest BCUT2D eigenvalue weighted by Crippen LogP contribution is 2.33. The van der Waals surface area contributed by atoms with Crippen molar-refractivity contribution < 1.29 is 9.47 Å². The molecular formula is C19H18N2O2. The van der Waals surface area contributed by atoms with Crippen molar-refractivity contribution in [3.05, 3.63) is 60.8 Å². The van der Waals surface area contributed by atoms with E-state index in [9.17, 15) is 0 Å². The Balaban J connectivity index is 2.27. The summed E-state index contributed by atoms with van der Waals surface area (Å²) in [6.07, 6.45) is 2.50. The Kier molecular flexibility index (Phi) is 4.24. The van der Waals surface area contributed by atoms with Gasteiger partial charge in [0.2, 0.25) is 0 Å². The van der Waals surface area contributed by atoms with E-state index in [0.29, 0.717) is 23.7 Å². The summed E-state index contributed by atoms with van der Waals surface area (Å²) in [5.74, 6) is 2.02. The number of hydrogen-bond acceptors (Lipinski definition) is 4. The van der Waals surface area contributed by atoms with Gasteiger partial charge >= 0.3 is 0 Å². The zero-order valence-electron chi connectivity index (χ0n) is 13.2. The quantitative estimate of drug-likeness (QED) is 0.667. The minimum absolute atomic E-state index is 0.655. The van der Waals surface area contributed by atoms with Crippen molar-refractivity contribution in [3.63, 3.8) is 0 Å². The van der Waals surface area contributed by atoms with Crippen molar-refractivity contribution in [1.82, 2.24) is 9.97 Å². The fraction of sp³-hybridized carbons (Fsp3) is 0.158. The molecule has 1 aromatic heterocycles. The Morgan fingerprint density at radius 2 is 1.70 bits per heavy atom. The van der Waals surface area contributed by atoms with Crippen molar-refractivity contribution in [2.45, 2.75) is 6.42 Å². The zero-order valence-corrected chi connectivity index (χ0v) is 13.2. The first-order valence-electron chi connectivity index (χ1n) is 7.35. The van der Waals surface area contributed by atoms with E-state index in [4.69, 9.17) is 19.4 Å². The van der Waals surface area contributed by atoms with E-state index in [-0.39, 0.29) is 0 Å². The molecule has 1 heterocycles. The summed E-state index contributed by atoms with van der Waals surface area (Å²) < 4.78 is 10.8. The maximum absolute atomic E-state index is 5.39. The van der Waals surface area contributed by atoms with E-state index < -0.39 is 0 Å². The molecule has 23 heavy (non-hydrogen) atoms. The Bertz CT molecular complexity index is 845. The normalized spacial score (nSPS) is 10.5. The van der Waals surface area contributed by atoms with Crippen LogP contribution in [0.2, 0.25) is 0 Å². The van der Waals surface area contributed by atoms with Gasteiger partial charge in [0.25, 0.3) is 0 Å². The Morgan fingerprint density at radius 1 is 1.00 bits per heavy atom. The molecule has 4 nitrogen and oxygen atoms in total. The SMILES string of the molecule is C=CCc1nc(-c2ccccc2)nc2cc(OC)c(OC)cc12. The minimum atomic E-state index is 0.655. The lowest BCUT2D eigenvalue weighted by molar-refractivity contribution is 0.355. The molecule has 0 saturated heterocycles. The van der Waals surface area contributed by atoms with Gasteiger partial charge in [0.05, 0.1) is 25.4 Å². The van der Waals surface area contributed by atoms with Gasteiger partial charge in [-0.25, -0.2) is 9.97 Å². The average molecular weight is 306 g/mol.